The van der Waals surface area contributed by atoms with Crippen LogP contribution >= 0.6 is 0 Å². The van der Waals surface area contributed by atoms with Crippen LogP contribution < -0.4 is 0 Å². The number of hydrogen-bond donors (Lipinski definition) is 0. The molecule has 0 radical (unpaired) electrons. The Morgan fingerprint density at radius 3 is 1.43 bits per heavy atom. The van der Waals surface area contributed by atoms with Crippen molar-refractivity contribution in [3.05, 3.63) is 35.4 Å². The molecule has 1 rings (SSSR count). The van der Waals surface area contributed by atoms with Crippen LogP contribution in [0.5, 0.6) is 0 Å². The van der Waals surface area contributed by atoms with E-state index in [1.807, 2.05) is 41.5 Å². The quantitative estimate of drug-likeness (QED) is 0.442. The maximum atomic E-state index is 12.1. The number of hydrogen-bond acceptors (Lipinski definition) is 4. The van der Waals surface area contributed by atoms with Gasteiger partial charge in [0.1, 0.15) is 0 Å². The highest BCUT2D eigenvalue weighted by Crippen LogP contribution is 2.28. The molecule has 0 bridgehead atoms. The largest absolute Gasteiger partial charge is 0.466 e. The standard InChI is InChI=1S/C24H38O4/c1-7-27-21(25)23(3,4)17-11-15-19-13-9-10-14-20(19)16-12-18-24(5,6)22(26)28-8-2/h9-10,13-14H,7-8,11-12,15-18H2,1-6H3. The van der Waals surface area contributed by atoms with Crippen molar-refractivity contribution >= 4 is 11.9 Å². The zero-order valence-electron chi connectivity index (χ0n) is 18.6. The third kappa shape index (κ3) is 7.65. The van der Waals surface area contributed by atoms with E-state index < -0.39 is 10.8 Å². The van der Waals surface area contributed by atoms with Crippen LogP contribution in [0.1, 0.15) is 78.4 Å². The van der Waals surface area contributed by atoms with Gasteiger partial charge in [-0.25, -0.2) is 0 Å². The fourth-order valence-corrected chi connectivity index (χ4v) is 3.34. The number of ether oxygens (including phenoxy) is 2. The number of benzene rings is 1. The van der Waals surface area contributed by atoms with Crippen LogP contribution in [0.15, 0.2) is 24.3 Å². The minimum atomic E-state index is -0.450. The van der Waals surface area contributed by atoms with Crippen LogP contribution in [-0.2, 0) is 31.9 Å². The second-order valence-corrected chi connectivity index (χ2v) is 8.68. The molecule has 0 amide bonds. The molecule has 1 aromatic rings. The van der Waals surface area contributed by atoms with Crippen LogP contribution in [0.4, 0.5) is 0 Å². The summed E-state index contributed by atoms with van der Waals surface area (Å²) in [6.45, 7) is 12.3. The SMILES string of the molecule is CCOC(=O)C(C)(C)CCCc1ccccc1CCCC(C)(C)C(=O)OCC. The summed E-state index contributed by atoms with van der Waals surface area (Å²) in [7, 11) is 0. The van der Waals surface area contributed by atoms with Crippen molar-refractivity contribution in [1.29, 1.82) is 0 Å². The summed E-state index contributed by atoms with van der Waals surface area (Å²) < 4.78 is 10.4. The first-order chi connectivity index (χ1) is 13.1. The van der Waals surface area contributed by atoms with Gasteiger partial charge in [0.2, 0.25) is 0 Å². The Hall–Kier alpha value is -1.84. The summed E-state index contributed by atoms with van der Waals surface area (Å²) in [6.07, 6.45) is 5.38. The molecular weight excluding hydrogens is 352 g/mol. The first kappa shape index (κ1) is 24.2. The second kappa shape index (κ2) is 11.2. The Labute approximate surface area is 171 Å². The lowest BCUT2D eigenvalue weighted by molar-refractivity contribution is -0.154. The van der Waals surface area contributed by atoms with Gasteiger partial charge in [-0.1, -0.05) is 24.3 Å². The topological polar surface area (TPSA) is 52.6 Å². The minimum absolute atomic E-state index is 0.121. The molecule has 1 aromatic carbocycles. The molecule has 0 aliphatic heterocycles. The van der Waals surface area contributed by atoms with E-state index in [-0.39, 0.29) is 11.9 Å². The van der Waals surface area contributed by atoms with Crippen LogP contribution in [0.2, 0.25) is 0 Å². The van der Waals surface area contributed by atoms with Crippen molar-refractivity contribution in [2.45, 2.75) is 80.1 Å². The zero-order valence-corrected chi connectivity index (χ0v) is 18.6. The number of aryl methyl sites for hydroxylation is 2. The van der Waals surface area contributed by atoms with Gasteiger partial charge >= 0.3 is 11.9 Å². The molecule has 0 unspecified atom stereocenters. The molecule has 28 heavy (non-hydrogen) atoms. The highest BCUT2D eigenvalue weighted by molar-refractivity contribution is 5.76. The van der Waals surface area contributed by atoms with Crippen LogP contribution in [0, 0.1) is 10.8 Å². The van der Waals surface area contributed by atoms with Crippen molar-refractivity contribution in [2.24, 2.45) is 10.8 Å². The zero-order chi connectivity index (χ0) is 21.2. The molecule has 4 heteroatoms. The predicted octanol–water partition coefficient (Wildman–Crippen LogP) is 5.51. The summed E-state index contributed by atoms with van der Waals surface area (Å²) in [5.74, 6) is -0.242. The smallest absolute Gasteiger partial charge is 0.311 e. The molecule has 0 saturated carbocycles. The molecule has 0 fully saturated rings. The molecule has 0 saturated heterocycles. The summed E-state index contributed by atoms with van der Waals surface area (Å²) in [5.41, 5.74) is 1.76. The van der Waals surface area contributed by atoms with Gasteiger partial charge < -0.3 is 9.47 Å². The van der Waals surface area contributed by atoms with Gasteiger partial charge in [0.25, 0.3) is 0 Å². The van der Waals surface area contributed by atoms with Gasteiger partial charge in [-0.05, 0) is 91.2 Å². The van der Waals surface area contributed by atoms with E-state index in [2.05, 4.69) is 24.3 Å². The van der Waals surface area contributed by atoms with E-state index in [0.29, 0.717) is 13.2 Å². The summed E-state index contributed by atoms with van der Waals surface area (Å²) >= 11 is 0. The van der Waals surface area contributed by atoms with Gasteiger partial charge in [-0.2, -0.15) is 0 Å². The minimum Gasteiger partial charge on any atom is -0.466 e. The monoisotopic (exact) mass is 390 g/mol. The lowest BCUT2D eigenvalue weighted by Gasteiger charge is -2.23. The van der Waals surface area contributed by atoms with Gasteiger partial charge in [0.15, 0.2) is 0 Å². The molecule has 0 aromatic heterocycles. The fraction of sp³-hybridized carbons (Fsp3) is 0.667. The third-order valence-corrected chi connectivity index (χ3v) is 5.27. The van der Waals surface area contributed by atoms with Crippen molar-refractivity contribution in [3.8, 4) is 0 Å². The fourth-order valence-electron chi connectivity index (χ4n) is 3.34. The highest BCUT2D eigenvalue weighted by atomic mass is 16.5. The molecular formula is C24H38O4. The maximum absolute atomic E-state index is 12.1. The summed E-state index contributed by atoms with van der Waals surface area (Å²) in [5, 5.41) is 0. The van der Waals surface area contributed by atoms with E-state index in [4.69, 9.17) is 9.47 Å². The number of carbonyl (C=O) groups is 2. The molecule has 0 spiro atoms. The average Bonchev–Trinajstić information content (AvgIpc) is 2.63. The van der Waals surface area contributed by atoms with Crippen molar-refractivity contribution in [3.63, 3.8) is 0 Å². The van der Waals surface area contributed by atoms with Gasteiger partial charge in [-0.3, -0.25) is 9.59 Å². The van der Waals surface area contributed by atoms with Crippen molar-refractivity contribution in [1.82, 2.24) is 0 Å². The van der Waals surface area contributed by atoms with E-state index in [1.54, 1.807) is 0 Å². The first-order valence-corrected chi connectivity index (χ1v) is 10.5. The Bertz CT molecular complexity index is 576. The molecule has 0 heterocycles. The molecule has 158 valence electrons. The Balaban J connectivity index is 2.59. The molecule has 0 N–H and O–H groups in total. The Kier molecular flexibility index (Phi) is 9.71. The first-order valence-electron chi connectivity index (χ1n) is 10.5. The predicted molar refractivity (Wildman–Crippen MR) is 113 cm³/mol. The molecule has 4 nitrogen and oxygen atoms in total. The summed E-state index contributed by atoms with van der Waals surface area (Å²) in [4.78, 5) is 24.1. The van der Waals surface area contributed by atoms with Crippen LogP contribution in [0.25, 0.3) is 0 Å². The van der Waals surface area contributed by atoms with Crippen LogP contribution in [-0.4, -0.2) is 25.2 Å². The van der Waals surface area contributed by atoms with E-state index in [9.17, 15) is 9.59 Å². The van der Waals surface area contributed by atoms with Gasteiger partial charge in [-0.15, -0.1) is 0 Å². The lowest BCUT2D eigenvalue weighted by Crippen LogP contribution is -2.27. The number of esters is 2. The van der Waals surface area contributed by atoms with E-state index in [1.165, 1.54) is 11.1 Å². The van der Waals surface area contributed by atoms with E-state index in [0.717, 1.165) is 38.5 Å². The van der Waals surface area contributed by atoms with Crippen LogP contribution in [0.3, 0.4) is 0 Å². The molecule has 0 aliphatic carbocycles. The third-order valence-electron chi connectivity index (χ3n) is 5.27. The normalized spacial score (nSPS) is 11.9. The number of carbonyl (C=O) groups excluding carboxylic acids is 2. The number of rotatable bonds is 12. The Morgan fingerprint density at radius 1 is 0.750 bits per heavy atom. The van der Waals surface area contributed by atoms with E-state index >= 15 is 0 Å². The molecule has 0 atom stereocenters. The lowest BCUT2D eigenvalue weighted by atomic mass is 9.84. The summed E-state index contributed by atoms with van der Waals surface area (Å²) in [6, 6.07) is 8.47. The van der Waals surface area contributed by atoms with Gasteiger partial charge in [0, 0.05) is 0 Å². The average molecular weight is 391 g/mol. The maximum Gasteiger partial charge on any atom is 0.311 e. The molecule has 0 aliphatic rings. The van der Waals surface area contributed by atoms with Crippen molar-refractivity contribution < 1.29 is 19.1 Å². The second-order valence-electron chi connectivity index (χ2n) is 8.68. The van der Waals surface area contributed by atoms with Gasteiger partial charge in [0.05, 0.1) is 24.0 Å². The highest BCUT2D eigenvalue weighted by Gasteiger charge is 2.29. The van der Waals surface area contributed by atoms with Crippen molar-refractivity contribution in [2.75, 3.05) is 13.2 Å². The Morgan fingerprint density at radius 2 is 1.11 bits per heavy atom.